The number of imidazole rings is 1. The third-order valence-corrected chi connectivity index (χ3v) is 2.96. The van der Waals surface area contributed by atoms with Gasteiger partial charge in [-0.1, -0.05) is 30.3 Å². The second-order valence-electron chi connectivity index (χ2n) is 4.32. The van der Waals surface area contributed by atoms with Crippen molar-refractivity contribution in [2.45, 2.75) is 13.5 Å². The molecule has 0 unspecified atom stereocenters. The lowest BCUT2D eigenvalue weighted by molar-refractivity contribution is 0.787. The molecule has 0 saturated heterocycles. The van der Waals surface area contributed by atoms with Crippen LogP contribution in [-0.2, 0) is 6.54 Å². The predicted octanol–water partition coefficient (Wildman–Crippen LogP) is 2.08. The maximum Gasteiger partial charge on any atom is 0.327 e. The average molecular weight is 239 g/mol. The van der Waals surface area contributed by atoms with Crippen molar-refractivity contribution < 1.29 is 0 Å². The Morgan fingerprint density at radius 1 is 1.17 bits per heavy atom. The fraction of sp³-hybridized carbons (Fsp3) is 0.143. The molecule has 2 aromatic heterocycles. The monoisotopic (exact) mass is 239 g/mol. The van der Waals surface area contributed by atoms with Gasteiger partial charge < -0.3 is 0 Å². The molecule has 1 aromatic carbocycles. The first kappa shape index (κ1) is 10.8. The van der Waals surface area contributed by atoms with Gasteiger partial charge in [0, 0.05) is 5.69 Å². The SMILES string of the molecule is Cc1ccc2c(n1)[nH]c(=O)n2Cc1ccccc1. The quantitative estimate of drug-likeness (QED) is 0.744. The summed E-state index contributed by atoms with van der Waals surface area (Å²) in [5.74, 6) is 0. The van der Waals surface area contributed by atoms with Crippen LogP contribution in [0.3, 0.4) is 0 Å². The van der Waals surface area contributed by atoms with Crippen molar-refractivity contribution in [3.05, 3.63) is 64.2 Å². The molecule has 4 nitrogen and oxygen atoms in total. The van der Waals surface area contributed by atoms with Gasteiger partial charge in [0.1, 0.15) is 0 Å². The molecule has 0 aliphatic heterocycles. The van der Waals surface area contributed by atoms with E-state index in [1.54, 1.807) is 4.57 Å². The highest BCUT2D eigenvalue weighted by atomic mass is 16.1. The van der Waals surface area contributed by atoms with Crippen LogP contribution in [0.15, 0.2) is 47.3 Å². The number of H-pyrrole nitrogens is 1. The Hall–Kier alpha value is -2.36. The molecule has 0 saturated carbocycles. The van der Waals surface area contributed by atoms with Crippen LogP contribution in [0, 0.1) is 6.92 Å². The van der Waals surface area contributed by atoms with Crippen LogP contribution in [0.5, 0.6) is 0 Å². The maximum absolute atomic E-state index is 11.9. The van der Waals surface area contributed by atoms with Gasteiger partial charge in [0.2, 0.25) is 0 Å². The Bertz CT molecular complexity index is 741. The van der Waals surface area contributed by atoms with Crippen LogP contribution in [0.4, 0.5) is 0 Å². The van der Waals surface area contributed by atoms with Gasteiger partial charge in [-0.2, -0.15) is 0 Å². The van der Waals surface area contributed by atoms with Crippen molar-refractivity contribution >= 4 is 11.2 Å². The Kier molecular flexibility index (Phi) is 2.48. The summed E-state index contributed by atoms with van der Waals surface area (Å²) in [5, 5.41) is 0. The second kappa shape index (κ2) is 4.14. The summed E-state index contributed by atoms with van der Waals surface area (Å²) in [4.78, 5) is 19.0. The standard InChI is InChI=1S/C14H13N3O/c1-10-7-8-12-13(15-10)16-14(18)17(12)9-11-5-3-2-4-6-11/h2-8H,9H2,1H3,(H,15,16,18). The molecule has 0 amide bonds. The molecule has 90 valence electrons. The zero-order valence-corrected chi connectivity index (χ0v) is 10.1. The number of rotatable bonds is 2. The summed E-state index contributed by atoms with van der Waals surface area (Å²) in [7, 11) is 0. The lowest BCUT2D eigenvalue weighted by Crippen LogP contribution is -2.17. The smallest absolute Gasteiger partial charge is 0.290 e. The molecule has 0 aliphatic rings. The van der Waals surface area contributed by atoms with Crippen LogP contribution in [0.1, 0.15) is 11.3 Å². The average Bonchev–Trinajstić information content (AvgIpc) is 2.66. The first-order valence-corrected chi connectivity index (χ1v) is 5.84. The van der Waals surface area contributed by atoms with Gasteiger partial charge in [0.25, 0.3) is 0 Å². The second-order valence-corrected chi connectivity index (χ2v) is 4.32. The van der Waals surface area contributed by atoms with E-state index in [-0.39, 0.29) is 5.69 Å². The number of aromatic amines is 1. The Balaban J connectivity index is 2.12. The normalized spacial score (nSPS) is 10.9. The van der Waals surface area contributed by atoms with Gasteiger partial charge in [-0.05, 0) is 24.6 Å². The highest BCUT2D eigenvalue weighted by Gasteiger charge is 2.07. The van der Waals surface area contributed by atoms with Crippen LogP contribution < -0.4 is 5.69 Å². The number of hydrogen-bond acceptors (Lipinski definition) is 2. The van der Waals surface area contributed by atoms with Gasteiger partial charge in [0.05, 0.1) is 12.1 Å². The Morgan fingerprint density at radius 3 is 2.72 bits per heavy atom. The number of pyridine rings is 1. The number of aromatic nitrogens is 3. The first-order valence-electron chi connectivity index (χ1n) is 5.84. The van der Waals surface area contributed by atoms with Crippen molar-refractivity contribution in [1.82, 2.24) is 14.5 Å². The van der Waals surface area contributed by atoms with Crippen LogP contribution in [0.2, 0.25) is 0 Å². The van der Waals surface area contributed by atoms with Crippen LogP contribution >= 0.6 is 0 Å². The van der Waals surface area contributed by atoms with Crippen molar-refractivity contribution in [3.63, 3.8) is 0 Å². The molecule has 0 bridgehead atoms. The Morgan fingerprint density at radius 2 is 1.94 bits per heavy atom. The van der Waals surface area contributed by atoms with E-state index in [2.05, 4.69) is 9.97 Å². The zero-order valence-electron chi connectivity index (χ0n) is 10.1. The highest BCUT2D eigenvalue weighted by molar-refractivity contribution is 5.70. The number of nitrogens with one attached hydrogen (secondary N) is 1. The van der Waals surface area contributed by atoms with Gasteiger partial charge in [-0.15, -0.1) is 0 Å². The number of hydrogen-bond donors (Lipinski definition) is 1. The predicted molar refractivity (Wildman–Crippen MR) is 70.6 cm³/mol. The number of benzene rings is 1. The van der Waals surface area contributed by atoms with Crippen LogP contribution in [-0.4, -0.2) is 14.5 Å². The minimum atomic E-state index is -0.119. The zero-order chi connectivity index (χ0) is 12.5. The van der Waals surface area contributed by atoms with E-state index in [0.717, 1.165) is 16.8 Å². The van der Waals surface area contributed by atoms with E-state index < -0.39 is 0 Å². The lowest BCUT2D eigenvalue weighted by atomic mass is 10.2. The number of fused-ring (bicyclic) bond motifs is 1. The van der Waals surface area contributed by atoms with E-state index in [1.807, 2.05) is 49.4 Å². The van der Waals surface area contributed by atoms with E-state index >= 15 is 0 Å². The first-order chi connectivity index (χ1) is 8.74. The van der Waals surface area contributed by atoms with E-state index in [0.29, 0.717) is 12.2 Å². The molecule has 3 aromatic rings. The van der Waals surface area contributed by atoms with Gasteiger partial charge in [-0.25, -0.2) is 9.78 Å². The molecular formula is C14H13N3O. The molecule has 0 radical (unpaired) electrons. The molecule has 4 heteroatoms. The van der Waals surface area contributed by atoms with E-state index in [9.17, 15) is 4.79 Å². The fourth-order valence-corrected chi connectivity index (χ4v) is 2.06. The molecule has 2 heterocycles. The van der Waals surface area contributed by atoms with E-state index in [4.69, 9.17) is 0 Å². The van der Waals surface area contributed by atoms with Crippen molar-refractivity contribution in [2.24, 2.45) is 0 Å². The lowest BCUT2D eigenvalue weighted by Gasteiger charge is -2.03. The van der Waals surface area contributed by atoms with Gasteiger partial charge in [-0.3, -0.25) is 9.55 Å². The molecular weight excluding hydrogens is 226 g/mol. The van der Waals surface area contributed by atoms with Crippen LogP contribution in [0.25, 0.3) is 11.2 Å². The molecule has 0 atom stereocenters. The van der Waals surface area contributed by atoms with Gasteiger partial charge in [0.15, 0.2) is 5.65 Å². The third-order valence-electron chi connectivity index (χ3n) is 2.96. The summed E-state index contributed by atoms with van der Waals surface area (Å²) >= 11 is 0. The summed E-state index contributed by atoms with van der Waals surface area (Å²) < 4.78 is 1.71. The molecule has 0 fully saturated rings. The molecule has 3 rings (SSSR count). The molecule has 18 heavy (non-hydrogen) atoms. The van der Waals surface area contributed by atoms with Crippen molar-refractivity contribution in [3.8, 4) is 0 Å². The molecule has 0 spiro atoms. The maximum atomic E-state index is 11.9. The highest BCUT2D eigenvalue weighted by Crippen LogP contribution is 2.10. The van der Waals surface area contributed by atoms with Gasteiger partial charge >= 0.3 is 5.69 Å². The summed E-state index contributed by atoms with van der Waals surface area (Å²) in [6.45, 7) is 2.47. The minimum absolute atomic E-state index is 0.119. The largest absolute Gasteiger partial charge is 0.327 e. The molecule has 1 N–H and O–H groups in total. The minimum Gasteiger partial charge on any atom is -0.290 e. The third kappa shape index (κ3) is 1.82. The fourth-order valence-electron chi connectivity index (χ4n) is 2.06. The number of aryl methyl sites for hydroxylation is 1. The van der Waals surface area contributed by atoms with Crippen molar-refractivity contribution in [2.75, 3.05) is 0 Å². The summed E-state index contributed by atoms with van der Waals surface area (Å²) in [6, 6.07) is 13.8. The Labute approximate surface area is 104 Å². The van der Waals surface area contributed by atoms with E-state index in [1.165, 1.54) is 0 Å². The molecule has 0 aliphatic carbocycles. The topological polar surface area (TPSA) is 50.7 Å². The van der Waals surface area contributed by atoms with Crippen molar-refractivity contribution in [1.29, 1.82) is 0 Å². The summed E-state index contributed by atoms with van der Waals surface area (Å²) in [6.07, 6.45) is 0. The summed E-state index contributed by atoms with van der Waals surface area (Å²) in [5.41, 5.74) is 3.37. The number of nitrogens with zero attached hydrogens (tertiary/aromatic N) is 2.